The number of fused-ring (bicyclic) bond motifs is 1. The van der Waals surface area contributed by atoms with E-state index >= 15 is 0 Å². The lowest BCUT2D eigenvalue weighted by Gasteiger charge is -2.16. The molecule has 0 heterocycles. The summed E-state index contributed by atoms with van der Waals surface area (Å²) in [6, 6.07) is 16.3. The maximum absolute atomic E-state index is 10.5. The van der Waals surface area contributed by atoms with Gasteiger partial charge in [0, 0.05) is 12.1 Å². The number of aromatic hydroxyl groups is 1. The molecule has 3 aromatic carbocycles. The summed E-state index contributed by atoms with van der Waals surface area (Å²) in [6.45, 7) is 4.47. The van der Waals surface area contributed by atoms with Gasteiger partial charge in [-0.2, -0.15) is 0 Å². The molecule has 0 unspecified atom stereocenters. The fourth-order valence-electron chi connectivity index (χ4n) is 3.05. The first kappa shape index (κ1) is 13.7. The molecule has 0 atom stereocenters. The van der Waals surface area contributed by atoms with E-state index in [4.69, 9.17) is 5.73 Å². The van der Waals surface area contributed by atoms with Crippen LogP contribution in [0, 0.1) is 13.8 Å². The molecule has 3 aromatic rings. The van der Waals surface area contributed by atoms with Crippen LogP contribution in [-0.4, -0.2) is 5.11 Å². The third-order valence-corrected chi connectivity index (χ3v) is 3.94. The zero-order valence-corrected chi connectivity index (χ0v) is 12.4. The quantitative estimate of drug-likeness (QED) is 0.734. The average molecular weight is 277 g/mol. The van der Waals surface area contributed by atoms with Gasteiger partial charge >= 0.3 is 0 Å². The minimum Gasteiger partial charge on any atom is -0.507 e. The Balaban J connectivity index is 2.44. The number of phenols is 1. The third-order valence-electron chi connectivity index (χ3n) is 3.94. The standard InChI is InChI=1S/C19H19NO/c1-12-9-13(2)18(17(21)10-12)19-15(11-20)8-7-14-5-3-4-6-16(14)19/h3-10,21H,11,20H2,1-2H3. The minimum atomic E-state index is 0.318. The zero-order chi connectivity index (χ0) is 15.0. The molecule has 0 aliphatic heterocycles. The fraction of sp³-hybridized carbons (Fsp3) is 0.158. The van der Waals surface area contributed by atoms with Crippen molar-refractivity contribution in [3.63, 3.8) is 0 Å². The Kier molecular flexibility index (Phi) is 3.40. The SMILES string of the molecule is Cc1cc(C)c(-c2c(CN)ccc3ccccc23)c(O)c1. The lowest BCUT2D eigenvalue weighted by molar-refractivity contribution is 0.476. The summed E-state index contributed by atoms with van der Waals surface area (Å²) in [6.07, 6.45) is 0. The van der Waals surface area contributed by atoms with Crippen LogP contribution in [0.15, 0.2) is 48.5 Å². The fourth-order valence-corrected chi connectivity index (χ4v) is 3.05. The molecular formula is C19H19NO. The number of hydrogen-bond donors (Lipinski definition) is 2. The maximum Gasteiger partial charge on any atom is 0.123 e. The van der Waals surface area contributed by atoms with Crippen LogP contribution in [0.2, 0.25) is 0 Å². The third kappa shape index (κ3) is 2.28. The molecule has 0 amide bonds. The molecule has 3 N–H and O–H groups in total. The van der Waals surface area contributed by atoms with Crippen molar-refractivity contribution in [2.75, 3.05) is 0 Å². The molecule has 2 heteroatoms. The van der Waals surface area contributed by atoms with Crippen LogP contribution in [0.4, 0.5) is 0 Å². The van der Waals surface area contributed by atoms with Crippen molar-refractivity contribution in [3.8, 4) is 16.9 Å². The van der Waals surface area contributed by atoms with Gasteiger partial charge in [-0.1, -0.05) is 42.5 Å². The van der Waals surface area contributed by atoms with Crippen molar-refractivity contribution in [1.82, 2.24) is 0 Å². The van der Waals surface area contributed by atoms with Gasteiger partial charge in [-0.05, 0) is 52.9 Å². The topological polar surface area (TPSA) is 46.2 Å². The number of rotatable bonds is 2. The monoisotopic (exact) mass is 277 g/mol. The predicted octanol–water partition coefficient (Wildman–Crippen LogP) is 4.29. The molecule has 106 valence electrons. The molecule has 0 aliphatic carbocycles. The normalized spacial score (nSPS) is 11.0. The Hall–Kier alpha value is -2.32. The molecule has 0 spiro atoms. The van der Waals surface area contributed by atoms with E-state index < -0.39 is 0 Å². The first-order chi connectivity index (χ1) is 10.1. The number of nitrogens with two attached hydrogens (primary N) is 1. The van der Waals surface area contributed by atoms with E-state index in [1.54, 1.807) is 0 Å². The highest BCUT2D eigenvalue weighted by atomic mass is 16.3. The number of phenolic OH excluding ortho intramolecular Hbond substituents is 1. The van der Waals surface area contributed by atoms with Gasteiger partial charge in [0.25, 0.3) is 0 Å². The minimum absolute atomic E-state index is 0.318. The van der Waals surface area contributed by atoms with Crippen molar-refractivity contribution in [3.05, 3.63) is 65.2 Å². The average Bonchev–Trinajstić information content (AvgIpc) is 2.46. The second-order valence-corrected chi connectivity index (χ2v) is 5.50. The molecule has 0 saturated heterocycles. The molecule has 0 aromatic heterocycles. The zero-order valence-electron chi connectivity index (χ0n) is 12.4. The molecule has 0 saturated carbocycles. The number of aryl methyl sites for hydroxylation is 2. The van der Waals surface area contributed by atoms with Gasteiger partial charge in [0.1, 0.15) is 5.75 Å². The summed E-state index contributed by atoms with van der Waals surface area (Å²) in [5, 5.41) is 12.7. The number of benzene rings is 3. The second kappa shape index (κ2) is 5.23. The highest BCUT2D eigenvalue weighted by Crippen LogP contribution is 2.39. The predicted molar refractivity (Wildman–Crippen MR) is 88.4 cm³/mol. The Morgan fingerprint density at radius 1 is 0.952 bits per heavy atom. The Morgan fingerprint density at radius 3 is 2.43 bits per heavy atom. The summed E-state index contributed by atoms with van der Waals surface area (Å²) in [7, 11) is 0. The van der Waals surface area contributed by atoms with E-state index in [1.807, 2.05) is 32.0 Å². The molecule has 3 rings (SSSR count). The van der Waals surface area contributed by atoms with Crippen LogP contribution < -0.4 is 5.73 Å². The van der Waals surface area contributed by atoms with Gasteiger partial charge in [0.2, 0.25) is 0 Å². The van der Waals surface area contributed by atoms with Crippen LogP contribution in [-0.2, 0) is 6.54 Å². The Bertz CT molecular complexity index is 798. The van der Waals surface area contributed by atoms with E-state index in [0.717, 1.165) is 38.6 Å². The molecule has 2 nitrogen and oxygen atoms in total. The smallest absolute Gasteiger partial charge is 0.123 e. The van der Waals surface area contributed by atoms with Crippen molar-refractivity contribution in [2.45, 2.75) is 20.4 Å². The van der Waals surface area contributed by atoms with Gasteiger partial charge in [-0.25, -0.2) is 0 Å². The van der Waals surface area contributed by atoms with E-state index in [1.165, 1.54) is 0 Å². The lowest BCUT2D eigenvalue weighted by Crippen LogP contribution is -2.01. The first-order valence-corrected chi connectivity index (χ1v) is 7.13. The summed E-state index contributed by atoms with van der Waals surface area (Å²) in [5.41, 5.74) is 11.0. The second-order valence-electron chi connectivity index (χ2n) is 5.50. The van der Waals surface area contributed by atoms with Crippen LogP contribution in [0.5, 0.6) is 5.75 Å². The summed E-state index contributed by atoms with van der Waals surface area (Å²) in [5.74, 6) is 0.318. The highest BCUT2D eigenvalue weighted by Gasteiger charge is 2.15. The first-order valence-electron chi connectivity index (χ1n) is 7.13. The summed E-state index contributed by atoms with van der Waals surface area (Å²) in [4.78, 5) is 0. The van der Waals surface area contributed by atoms with Crippen molar-refractivity contribution >= 4 is 10.8 Å². The Labute approximate surface area is 124 Å². The van der Waals surface area contributed by atoms with E-state index in [2.05, 4.69) is 30.3 Å². The Morgan fingerprint density at radius 2 is 1.71 bits per heavy atom. The van der Waals surface area contributed by atoms with Gasteiger partial charge in [-0.3, -0.25) is 0 Å². The van der Waals surface area contributed by atoms with Gasteiger partial charge in [0.15, 0.2) is 0 Å². The summed E-state index contributed by atoms with van der Waals surface area (Å²) < 4.78 is 0. The van der Waals surface area contributed by atoms with Crippen LogP contribution >= 0.6 is 0 Å². The van der Waals surface area contributed by atoms with Crippen LogP contribution in [0.3, 0.4) is 0 Å². The molecule has 21 heavy (non-hydrogen) atoms. The van der Waals surface area contributed by atoms with Gasteiger partial charge in [-0.15, -0.1) is 0 Å². The van der Waals surface area contributed by atoms with Gasteiger partial charge in [0.05, 0.1) is 0 Å². The highest BCUT2D eigenvalue weighted by molar-refractivity contribution is 6.00. The van der Waals surface area contributed by atoms with Crippen molar-refractivity contribution in [1.29, 1.82) is 0 Å². The van der Waals surface area contributed by atoms with Crippen molar-refractivity contribution < 1.29 is 5.11 Å². The lowest BCUT2D eigenvalue weighted by atomic mass is 9.89. The van der Waals surface area contributed by atoms with E-state index in [-0.39, 0.29) is 0 Å². The molecule has 0 bridgehead atoms. The van der Waals surface area contributed by atoms with Gasteiger partial charge < -0.3 is 10.8 Å². The maximum atomic E-state index is 10.5. The largest absolute Gasteiger partial charge is 0.507 e. The molecule has 0 radical (unpaired) electrons. The summed E-state index contributed by atoms with van der Waals surface area (Å²) >= 11 is 0. The molecule has 0 fully saturated rings. The van der Waals surface area contributed by atoms with Crippen LogP contribution in [0.1, 0.15) is 16.7 Å². The van der Waals surface area contributed by atoms with Crippen LogP contribution in [0.25, 0.3) is 21.9 Å². The number of hydrogen-bond acceptors (Lipinski definition) is 2. The van der Waals surface area contributed by atoms with Crippen molar-refractivity contribution in [2.24, 2.45) is 5.73 Å². The van der Waals surface area contributed by atoms with E-state index in [9.17, 15) is 5.11 Å². The van der Waals surface area contributed by atoms with E-state index in [0.29, 0.717) is 12.3 Å². The molecular weight excluding hydrogens is 258 g/mol. The molecule has 0 aliphatic rings.